The highest BCUT2D eigenvalue weighted by molar-refractivity contribution is 6.14. The number of hydrogen-bond acceptors (Lipinski definition) is 1. The SMILES string of the molecule is c1ccc(-c2ccc(N(c3ccc(-c4cc5ccccc5c5ccccc45)cc3)c3ccccc3-c3cccc4ccccc34)c3ccccc23)cc1. The molecule has 1 nitrogen and oxygen atoms in total. The predicted octanol–water partition coefficient (Wildman–Crippen LogP) is 14.8. The summed E-state index contributed by atoms with van der Waals surface area (Å²) >= 11 is 0. The number of fused-ring (bicyclic) bond motifs is 5. The third kappa shape index (κ3) is 5.34. The van der Waals surface area contributed by atoms with E-state index in [1.807, 2.05) is 0 Å². The molecule has 0 aliphatic rings. The van der Waals surface area contributed by atoms with Crippen molar-refractivity contribution in [1.29, 1.82) is 0 Å². The Kier molecular flexibility index (Phi) is 7.55. The van der Waals surface area contributed by atoms with Crippen LogP contribution in [0, 0.1) is 0 Å². The molecule has 0 saturated heterocycles. The Bertz CT molecular complexity index is 2940. The Morgan fingerprint density at radius 1 is 0.245 bits per heavy atom. The van der Waals surface area contributed by atoms with Crippen LogP contribution in [0.25, 0.3) is 76.5 Å². The summed E-state index contributed by atoms with van der Waals surface area (Å²) in [6, 6.07) is 77.3. The highest BCUT2D eigenvalue weighted by atomic mass is 15.1. The summed E-state index contributed by atoms with van der Waals surface area (Å²) in [5.74, 6) is 0. The van der Waals surface area contributed by atoms with E-state index in [0.29, 0.717) is 0 Å². The van der Waals surface area contributed by atoms with E-state index in [0.717, 1.165) is 17.1 Å². The van der Waals surface area contributed by atoms with Crippen LogP contribution in [0.3, 0.4) is 0 Å². The molecule has 0 radical (unpaired) electrons. The molecule has 10 rings (SSSR count). The van der Waals surface area contributed by atoms with Crippen molar-refractivity contribution < 1.29 is 0 Å². The molecule has 0 N–H and O–H groups in total. The molecular weight excluding hydrogens is 639 g/mol. The van der Waals surface area contributed by atoms with E-state index in [9.17, 15) is 0 Å². The molecule has 0 aliphatic heterocycles. The standard InChI is InChI=1S/C52H35N/c1-2-15-36(16-3-1)43-33-34-52(49-25-11-10-23-45(43)49)53(51-28-13-12-26-48(51)46-27-14-19-37-17-4-6-20-41(37)46)40-31-29-38(30-32-40)50-35-39-18-5-7-21-42(39)44-22-8-9-24-47(44)50/h1-35H. The molecule has 0 amide bonds. The molecule has 0 heterocycles. The van der Waals surface area contributed by atoms with Gasteiger partial charge in [-0.25, -0.2) is 0 Å². The lowest BCUT2D eigenvalue weighted by Gasteiger charge is -2.30. The van der Waals surface area contributed by atoms with Crippen LogP contribution >= 0.6 is 0 Å². The molecule has 0 spiro atoms. The van der Waals surface area contributed by atoms with Crippen LogP contribution in [-0.2, 0) is 0 Å². The first-order valence-corrected chi connectivity index (χ1v) is 18.3. The Hall–Kier alpha value is -6.96. The first kappa shape index (κ1) is 30.8. The minimum atomic E-state index is 1.10. The van der Waals surface area contributed by atoms with Gasteiger partial charge in [-0.15, -0.1) is 0 Å². The normalized spacial score (nSPS) is 11.4. The summed E-state index contributed by atoms with van der Waals surface area (Å²) < 4.78 is 0. The van der Waals surface area contributed by atoms with Gasteiger partial charge in [0.2, 0.25) is 0 Å². The Morgan fingerprint density at radius 2 is 0.792 bits per heavy atom. The number of benzene rings is 10. The summed E-state index contributed by atoms with van der Waals surface area (Å²) in [6.07, 6.45) is 0. The average Bonchev–Trinajstić information content (AvgIpc) is 3.24. The van der Waals surface area contributed by atoms with Gasteiger partial charge in [-0.05, 0) is 95.9 Å². The van der Waals surface area contributed by atoms with E-state index in [2.05, 4.69) is 217 Å². The Labute approximate surface area is 309 Å². The van der Waals surface area contributed by atoms with Gasteiger partial charge >= 0.3 is 0 Å². The van der Waals surface area contributed by atoms with Crippen molar-refractivity contribution in [2.45, 2.75) is 0 Å². The molecular formula is C52H35N. The van der Waals surface area contributed by atoms with Gasteiger partial charge in [0.05, 0.1) is 11.4 Å². The second-order valence-corrected chi connectivity index (χ2v) is 13.7. The number of nitrogens with zero attached hydrogens (tertiary/aromatic N) is 1. The minimum absolute atomic E-state index is 1.10. The van der Waals surface area contributed by atoms with Crippen LogP contribution in [0.4, 0.5) is 17.1 Å². The predicted molar refractivity (Wildman–Crippen MR) is 227 cm³/mol. The van der Waals surface area contributed by atoms with E-state index in [-0.39, 0.29) is 0 Å². The quantitative estimate of drug-likeness (QED) is 0.159. The maximum atomic E-state index is 2.45. The lowest BCUT2D eigenvalue weighted by Crippen LogP contribution is -2.12. The molecule has 1 heteroatoms. The summed E-state index contributed by atoms with van der Waals surface area (Å²) in [7, 11) is 0. The van der Waals surface area contributed by atoms with Crippen molar-refractivity contribution in [2.75, 3.05) is 4.90 Å². The third-order valence-electron chi connectivity index (χ3n) is 10.7. The van der Waals surface area contributed by atoms with Crippen LogP contribution < -0.4 is 4.90 Å². The molecule has 0 bridgehead atoms. The zero-order valence-electron chi connectivity index (χ0n) is 29.2. The zero-order chi connectivity index (χ0) is 35.1. The van der Waals surface area contributed by atoms with Crippen molar-refractivity contribution in [2.24, 2.45) is 0 Å². The van der Waals surface area contributed by atoms with Crippen molar-refractivity contribution in [3.8, 4) is 33.4 Å². The molecule has 10 aromatic rings. The lowest BCUT2D eigenvalue weighted by atomic mass is 9.92. The van der Waals surface area contributed by atoms with Crippen LogP contribution in [0.1, 0.15) is 0 Å². The molecule has 0 unspecified atom stereocenters. The zero-order valence-corrected chi connectivity index (χ0v) is 29.2. The van der Waals surface area contributed by atoms with Crippen LogP contribution in [0.5, 0.6) is 0 Å². The average molecular weight is 674 g/mol. The largest absolute Gasteiger partial charge is 0.309 e. The van der Waals surface area contributed by atoms with E-state index < -0.39 is 0 Å². The molecule has 0 saturated carbocycles. The third-order valence-corrected chi connectivity index (χ3v) is 10.7. The number of para-hydroxylation sites is 1. The molecule has 0 aliphatic carbocycles. The monoisotopic (exact) mass is 673 g/mol. The molecule has 248 valence electrons. The van der Waals surface area contributed by atoms with E-state index in [1.54, 1.807) is 0 Å². The molecule has 0 fully saturated rings. The Balaban J connectivity index is 1.20. The van der Waals surface area contributed by atoms with Gasteiger partial charge in [0.1, 0.15) is 0 Å². The number of rotatable bonds is 6. The van der Waals surface area contributed by atoms with Gasteiger partial charge in [-0.3, -0.25) is 0 Å². The summed E-state index contributed by atoms with van der Waals surface area (Å²) in [5, 5.41) is 9.97. The summed E-state index contributed by atoms with van der Waals surface area (Å²) in [4.78, 5) is 2.45. The minimum Gasteiger partial charge on any atom is -0.309 e. The van der Waals surface area contributed by atoms with E-state index in [1.165, 1.54) is 76.5 Å². The second kappa shape index (κ2) is 13.0. The Morgan fingerprint density at radius 3 is 1.58 bits per heavy atom. The smallest absolute Gasteiger partial charge is 0.0540 e. The van der Waals surface area contributed by atoms with Gasteiger partial charge in [-0.2, -0.15) is 0 Å². The maximum Gasteiger partial charge on any atom is 0.0540 e. The maximum absolute atomic E-state index is 2.45. The highest BCUT2D eigenvalue weighted by Gasteiger charge is 2.21. The van der Waals surface area contributed by atoms with Gasteiger partial charge in [0.15, 0.2) is 0 Å². The van der Waals surface area contributed by atoms with Crippen molar-refractivity contribution >= 4 is 60.2 Å². The molecule has 0 atom stereocenters. The van der Waals surface area contributed by atoms with Crippen LogP contribution in [0.15, 0.2) is 212 Å². The van der Waals surface area contributed by atoms with E-state index in [4.69, 9.17) is 0 Å². The fraction of sp³-hybridized carbons (Fsp3) is 0. The van der Waals surface area contributed by atoms with Crippen molar-refractivity contribution in [3.05, 3.63) is 212 Å². The van der Waals surface area contributed by atoms with Crippen molar-refractivity contribution in [1.82, 2.24) is 0 Å². The first-order valence-electron chi connectivity index (χ1n) is 18.3. The number of hydrogen-bond donors (Lipinski definition) is 0. The molecule has 0 aromatic heterocycles. The fourth-order valence-corrected chi connectivity index (χ4v) is 8.20. The van der Waals surface area contributed by atoms with Gasteiger partial charge in [0.25, 0.3) is 0 Å². The van der Waals surface area contributed by atoms with Crippen LogP contribution in [0.2, 0.25) is 0 Å². The summed E-state index contributed by atoms with van der Waals surface area (Å²) in [6.45, 7) is 0. The van der Waals surface area contributed by atoms with Gasteiger partial charge < -0.3 is 4.90 Å². The fourth-order valence-electron chi connectivity index (χ4n) is 8.20. The molecule has 10 aromatic carbocycles. The number of anilines is 3. The highest BCUT2D eigenvalue weighted by Crippen LogP contribution is 2.47. The second-order valence-electron chi connectivity index (χ2n) is 13.7. The van der Waals surface area contributed by atoms with Gasteiger partial charge in [0, 0.05) is 16.6 Å². The van der Waals surface area contributed by atoms with Crippen molar-refractivity contribution in [3.63, 3.8) is 0 Å². The topological polar surface area (TPSA) is 3.24 Å². The molecule has 53 heavy (non-hydrogen) atoms. The van der Waals surface area contributed by atoms with E-state index >= 15 is 0 Å². The summed E-state index contributed by atoms with van der Waals surface area (Å²) in [5.41, 5.74) is 10.6. The lowest BCUT2D eigenvalue weighted by molar-refractivity contribution is 1.30. The van der Waals surface area contributed by atoms with Gasteiger partial charge in [-0.1, -0.05) is 182 Å². The van der Waals surface area contributed by atoms with Crippen LogP contribution in [-0.4, -0.2) is 0 Å². The first-order chi connectivity index (χ1) is 26.3.